The number of nitrogens with one attached hydrogen (secondary N) is 1. The molecule has 0 aliphatic heterocycles. The Balaban J connectivity index is 1.68. The molecule has 10 heteroatoms. The van der Waals surface area contributed by atoms with Crippen molar-refractivity contribution >= 4 is 35.4 Å². The van der Waals surface area contributed by atoms with Crippen molar-refractivity contribution < 1.29 is 24.0 Å². The van der Waals surface area contributed by atoms with E-state index in [9.17, 15) is 19.7 Å². The largest absolute Gasteiger partial charge is 0.490 e. The van der Waals surface area contributed by atoms with Gasteiger partial charge in [0, 0.05) is 22.7 Å². The van der Waals surface area contributed by atoms with E-state index in [4.69, 9.17) is 21.1 Å². The zero-order valence-corrected chi connectivity index (χ0v) is 18.1. The number of hydrogen-bond donors (Lipinski definition) is 1. The predicted octanol–water partition coefficient (Wildman–Crippen LogP) is 4.63. The van der Waals surface area contributed by atoms with Gasteiger partial charge in [0.05, 0.1) is 23.3 Å². The molecule has 0 aromatic heterocycles. The number of hydrazone groups is 1. The normalized spacial score (nSPS) is 10.6. The molecule has 0 atom stereocenters. The fourth-order valence-electron chi connectivity index (χ4n) is 2.67. The van der Waals surface area contributed by atoms with E-state index in [1.54, 1.807) is 49.4 Å². The van der Waals surface area contributed by atoms with E-state index in [-0.39, 0.29) is 17.0 Å². The third kappa shape index (κ3) is 6.37. The second-order valence-corrected chi connectivity index (χ2v) is 6.98. The number of nitro benzene ring substituents is 1. The monoisotopic (exact) mass is 467 g/mol. The summed E-state index contributed by atoms with van der Waals surface area (Å²) in [6.07, 6.45) is 1.39. The van der Waals surface area contributed by atoms with Crippen molar-refractivity contribution in [2.75, 3.05) is 6.61 Å². The number of carbonyl (C=O) groups excluding carboxylic acids is 2. The Hall–Kier alpha value is -4.24. The Morgan fingerprint density at radius 1 is 1.03 bits per heavy atom. The second-order valence-electron chi connectivity index (χ2n) is 6.54. The number of amides is 1. The van der Waals surface area contributed by atoms with Crippen LogP contribution in [-0.4, -0.2) is 29.6 Å². The lowest BCUT2D eigenvalue weighted by molar-refractivity contribution is -0.384. The molecule has 0 spiro atoms. The molecular weight excluding hydrogens is 450 g/mol. The lowest BCUT2D eigenvalue weighted by Gasteiger charge is -2.11. The van der Waals surface area contributed by atoms with Crippen LogP contribution in [0, 0.1) is 10.1 Å². The molecule has 0 fully saturated rings. The van der Waals surface area contributed by atoms with Crippen molar-refractivity contribution in [3.05, 3.63) is 98.6 Å². The van der Waals surface area contributed by atoms with Gasteiger partial charge in [-0.15, -0.1) is 0 Å². The van der Waals surface area contributed by atoms with Crippen LogP contribution in [-0.2, 0) is 0 Å². The van der Waals surface area contributed by atoms with E-state index in [0.29, 0.717) is 28.5 Å². The van der Waals surface area contributed by atoms with Gasteiger partial charge in [0.15, 0.2) is 11.5 Å². The quantitative estimate of drug-likeness (QED) is 0.169. The highest BCUT2D eigenvalue weighted by Gasteiger charge is 2.13. The third-order valence-electron chi connectivity index (χ3n) is 4.27. The molecule has 1 N–H and O–H groups in total. The minimum absolute atomic E-state index is 0.115. The van der Waals surface area contributed by atoms with Crippen LogP contribution in [0.3, 0.4) is 0 Å². The van der Waals surface area contributed by atoms with E-state index >= 15 is 0 Å². The van der Waals surface area contributed by atoms with Crippen LogP contribution in [0.4, 0.5) is 5.69 Å². The first-order valence-electron chi connectivity index (χ1n) is 9.70. The highest BCUT2D eigenvalue weighted by Crippen LogP contribution is 2.29. The van der Waals surface area contributed by atoms with Gasteiger partial charge >= 0.3 is 5.97 Å². The molecule has 0 radical (unpaired) electrons. The van der Waals surface area contributed by atoms with Crippen LogP contribution < -0.4 is 14.9 Å². The van der Waals surface area contributed by atoms with Crippen molar-refractivity contribution in [2.45, 2.75) is 6.92 Å². The van der Waals surface area contributed by atoms with Gasteiger partial charge in [0.2, 0.25) is 0 Å². The van der Waals surface area contributed by atoms with Gasteiger partial charge in [-0.05, 0) is 67.1 Å². The summed E-state index contributed by atoms with van der Waals surface area (Å²) in [5.74, 6) is -0.543. The van der Waals surface area contributed by atoms with Crippen molar-refractivity contribution in [1.82, 2.24) is 5.43 Å². The maximum absolute atomic E-state index is 12.4. The van der Waals surface area contributed by atoms with E-state index in [0.717, 1.165) is 0 Å². The maximum atomic E-state index is 12.4. The standard InChI is InChI=1S/C23H18ClN3O6/c1-2-32-21-13-15(3-12-20(21)33-23(29)17-4-8-18(24)9-5-17)14-25-26-22(28)16-6-10-19(11-7-16)27(30)31/h3-14H,2H2,1H3,(H,26,28)/b25-14-. The molecule has 0 saturated carbocycles. The predicted molar refractivity (Wildman–Crippen MR) is 122 cm³/mol. The van der Waals surface area contributed by atoms with Crippen molar-refractivity contribution in [3.8, 4) is 11.5 Å². The fourth-order valence-corrected chi connectivity index (χ4v) is 2.79. The number of ether oxygens (including phenoxy) is 2. The van der Waals surface area contributed by atoms with Crippen LogP contribution in [0.25, 0.3) is 0 Å². The Morgan fingerprint density at radius 3 is 2.33 bits per heavy atom. The fraction of sp³-hybridized carbons (Fsp3) is 0.0870. The number of nitro groups is 1. The first-order chi connectivity index (χ1) is 15.9. The molecule has 0 aliphatic carbocycles. The van der Waals surface area contributed by atoms with Gasteiger partial charge in [-0.25, -0.2) is 10.2 Å². The van der Waals surface area contributed by atoms with Crippen LogP contribution in [0.1, 0.15) is 33.2 Å². The Bertz CT molecular complexity index is 1190. The summed E-state index contributed by atoms with van der Waals surface area (Å²) in [6, 6.07) is 16.2. The first kappa shape index (κ1) is 23.4. The minimum atomic E-state index is -0.565. The van der Waals surface area contributed by atoms with E-state index in [1.165, 1.54) is 30.5 Å². The number of nitrogens with zero attached hydrogens (tertiary/aromatic N) is 2. The average Bonchev–Trinajstić information content (AvgIpc) is 2.81. The molecule has 3 aromatic rings. The molecule has 1 amide bonds. The summed E-state index contributed by atoms with van der Waals surface area (Å²) in [4.78, 5) is 34.6. The highest BCUT2D eigenvalue weighted by molar-refractivity contribution is 6.30. The van der Waals surface area contributed by atoms with Gasteiger partial charge in [-0.3, -0.25) is 14.9 Å². The molecule has 0 saturated heterocycles. The van der Waals surface area contributed by atoms with Gasteiger partial charge in [0.1, 0.15) is 0 Å². The van der Waals surface area contributed by atoms with Gasteiger partial charge in [-0.2, -0.15) is 5.10 Å². The molecule has 9 nitrogen and oxygen atoms in total. The van der Waals surface area contributed by atoms with Crippen molar-refractivity contribution in [3.63, 3.8) is 0 Å². The summed E-state index contributed by atoms with van der Waals surface area (Å²) in [5.41, 5.74) is 3.36. The summed E-state index contributed by atoms with van der Waals surface area (Å²) in [6.45, 7) is 2.12. The minimum Gasteiger partial charge on any atom is -0.490 e. The molecular formula is C23H18ClN3O6. The molecule has 33 heavy (non-hydrogen) atoms. The molecule has 0 bridgehead atoms. The number of rotatable bonds is 8. The highest BCUT2D eigenvalue weighted by atomic mass is 35.5. The van der Waals surface area contributed by atoms with Crippen molar-refractivity contribution in [2.24, 2.45) is 5.10 Å². The number of benzene rings is 3. The zero-order valence-electron chi connectivity index (χ0n) is 17.4. The second kappa shape index (κ2) is 10.9. The van der Waals surface area contributed by atoms with E-state index < -0.39 is 16.8 Å². The summed E-state index contributed by atoms with van der Waals surface area (Å²) < 4.78 is 11.0. The Morgan fingerprint density at radius 2 is 1.70 bits per heavy atom. The van der Waals surface area contributed by atoms with Gasteiger partial charge in [-0.1, -0.05) is 11.6 Å². The number of non-ortho nitro benzene ring substituents is 1. The van der Waals surface area contributed by atoms with E-state index in [1.807, 2.05) is 0 Å². The lowest BCUT2D eigenvalue weighted by Crippen LogP contribution is -2.17. The topological polar surface area (TPSA) is 120 Å². The van der Waals surface area contributed by atoms with E-state index in [2.05, 4.69) is 10.5 Å². The Kier molecular flexibility index (Phi) is 7.72. The van der Waals surface area contributed by atoms with Gasteiger partial charge < -0.3 is 9.47 Å². The summed E-state index contributed by atoms with van der Waals surface area (Å²) in [5, 5.41) is 15.1. The lowest BCUT2D eigenvalue weighted by atomic mass is 10.2. The average molecular weight is 468 g/mol. The van der Waals surface area contributed by atoms with Crippen LogP contribution in [0.5, 0.6) is 11.5 Å². The molecule has 0 heterocycles. The Labute approximate surface area is 193 Å². The number of halogens is 1. The number of esters is 1. The molecule has 0 unspecified atom stereocenters. The zero-order chi connectivity index (χ0) is 23.8. The molecule has 168 valence electrons. The van der Waals surface area contributed by atoms with Crippen molar-refractivity contribution in [1.29, 1.82) is 0 Å². The smallest absolute Gasteiger partial charge is 0.343 e. The number of hydrogen-bond acceptors (Lipinski definition) is 7. The van der Waals surface area contributed by atoms with Crippen LogP contribution in [0.2, 0.25) is 5.02 Å². The molecule has 3 aromatic carbocycles. The maximum Gasteiger partial charge on any atom is 0.343 e. The summed E-state index contributed by atoms with van der Waals surface area (Å²) in [7, 11) is 0. The molecule has 3 rings (SSSR count). The van der Waals surface area contributed by atoms with Gasteiger partial charge in [0.25, 0.3) is 11.6 Å². The third-order valence-corrected chi connectivity index (χ3v) is 4.52. The van der Waals surface area contributed by atoms with Crippen LogP contribution >= 0.6 is 11.6 Å². The summed E-state index contributed by atoms with van der Waals surface area (Å²) >= 11 is 5.84. The number of carbonyl (C=O) groups is 2. The SMILES string of the molecule is CCOc1cc(/C=N\NC(=O)c2ccc([N+](=O)[O-])cc2)ccc1OC(=O)c1ccc(Cl)cc1. The first-order valence-corrected chi connectivity index (χ1v) is 10.1. The van der Waals surface area contributed by atoms with Crippen LogP contribution in [0.15, 0.2) is 71.8 Å². The molecule has 0 aliphatic rings.